The third kappa shape index (κ3) is 4.64. The zero-order chi connectivity index (χ0) is 13.8. The summed E-state index contributed by atoms with van der Waals surface area (Å²) in [7, 11) is 0. The second-order valence-corrected chi connectivity index (χ2v) is 4.96. The van der Waals surface area contributed by atoms with Gasteiger partial charge in [-0.1, -0.05) is 23.7 Å². The smallest absolute Gasteiger partial charge is 0.339 e. The van der Waals surface area contributed by atoms with E-state index >= 15 is 0 Å². The van der Waals surface area contributed by atoms with Crippen molar-refractivity contribution in [2.24, 2.45) is 0 Å². The van der Waals surface area contributed by atoms with Crippen molar-refractivity contribution in [2.75, 3.05) is 6.07 Å². The molecule has 0 bridgehead atoms. The first-order valence-corrected chi connectivity index (χ1v) is 6.06. The van der Waals surface area contributed by atoms with Crippen molar-refractivity contribution in [3.8, 4) is 0 Å². The summed E-state index contributed by atoms with van der Waals surface area (Å²) in [5, 5.41) is 9.83. The molecule has 100 valence electrons. The summed E-state index contributed by atoms with van der Waals surface area (Å²) >= 11 is 5.30. The van der Waals surface area contributed by atoms with Crippen LogP contribution in [0.2, 0.25) is 0 Å². The zero-order valence-electron chi connectivity index (χ0n) is 10.6. The summed E-state index contributed by atoms with van der Waals surface area (Å²) in [4.78, 5) is 11.4. The minimum Gasteiger partial charge on any atom is -0.446 e. The zero-order valence-corrected chi connectivity index (χ0v) is 11.4. The third-order valence-electron chi connectivity index (χ3n) is 2.08. The highest BCUT2D eigenvalue weighted by Crippen LogP contribution is 2.21. The lowest BCUT2D eigenvalue weighted by molar-refractivity contribution is -0.169. The lowest BCUT2D eigenvalue weighted by Gasteiger charge is -2.24. The summed E-state index contributed by atoms with van der Waals surface area (Å²) in [6.07, 6.45) is -1.02. The van der Waals surface area contributed by atoms with Crippen LogP contribution in [0.5, 0.6) is 0 Å². The van der Waals surface area contributed by atoms with E-state index < -0.39 is 17.9 Å². The highest BCUT2D eigenvalue weighted by molar-refractivity contribution is 6.17. The number of carbonyl (C=O) groups excluding carboxylic acids is 1. The van der Waals surface area contributed by atoms with E-state index in [0.717, 1.165) is 0 Å². The van der Waals surface area contributed by atoms with Gasteiger partial charge in [-0.05, 0) is 32.9 Å². The number of aliphatic hydroxyl groups excluding tert-OH is 1. The maximum atomic E-state index is 11.4. The fourth-order valence-electron chi connectivity index (χ4n) is 1.32. The lowest BCUT2D eigenvalue weighted by atomic mass is 10.1. The second-order valence-electron chi connectivity index (χ2n) is 4.75. The Kier molecular flexibility index (Phi) is 5.14. The molecule has 0 aliphatic heterocycles. The van der Waals surface area contributed by atoms with Gasteiger partial charge in [0.15, 0.2) is 12.4 Å². The highest BCUT2D eigenvalue weighted by atomic mass is 35.5. The summed E-state index contributed by atoms with van der Waals surface area (Å²) in [5.74, 6) is -0.497. The van der Waals surface area contributed by atoms with E-state index in [2.05, 4.69) is 4.74 Å². The summed E-state index contributed by atoms with van der Waals surface area (Å²) in [6, 6.07) is 6.15. The van der Waals surface area contributed by atoms with E-state index in [9.17, 15) is 9.90 Å². The van der Waals surface area contributed by atoms with E-state index in [4.69, 9.17) is 16.3 Å². The van der Waals surface area contributed by atoms with Gasteiger partial charge in [-0.3, -0.25) is 0 Å². The van der Waals surface area contributed by atoms with Crippen LogP contribution < -0.4 is 0 Å². The average molecular weight is 273 g/mol. The second kappa shape index (κ2) is 6.18. The van der Waals surface area contributed by atoms with E-state index in [0.29, 0.717) is 11.1 Å². The number of rotatable bonds is 4. The fraction of sp³-hybridized carbons (Fsp3) is 0.462. The highest BCUT2D eigenvalue weighted by Gasteiger charge is 2.18. The van der Waals surface area contributed by atoms with Crippen LogP contribution in [0.1, 0.15) is 43.0 Å². The number of benzene rings is 1. The Morgan fingerprint density at radius 2 is 1.89 bits per heavy atom. The molecule has 0 saturated carbocycles. The molecule has 1 aromatic rings. The molecule has 0 fully saturated rings. The quantitative estimate of drug-likeness (QED) is 0.520. The van der Waals surface area contributed by atoms with Gasteiger partial charge < -0.3 is 14.6 Å². The van der Waals surface area contributed by atoms with Crippen molar-refractivity contribution < 1.29 is 19.4 Å². The topological polar surface area (TPSA) is 55.8 Å². The Morgan fingerprint density at radius 3 is 2.33 bits per heavy atom. The van der Waals surface area contributed by atoms with Crippen molar-refractivity contribution in [2.45, 2.75) is 32.7 Å². The van der Waals surface area contributed by atoms with Crippen LogP contribution in [0.3, 0.4) is 0 Å². The molecule has 0 radical (unpaired) electrons. The van der Waals surface area contributed by atoms with Crippen LogP contribution in [0.25, 0.3) is 0 Å². The number of alkyl halides is 1. The summed E-state index contributed by atoms with van der Waals surface area (Å²) in [6.45, 7) is 5.55. The first kappa shape index (κ1) is 15.0. The van der Waals surface area contributed by atoms with Gasteiger partial charge in [0.05, 0.1) is 11.2 Å². The molecule has 0 aliphatic carbocycles. The number of hydrogen-bond donors (Lipinski definition) is 1. The molecule has 0 aliphatic rings. The van der Waals surface area contributed by atoms with Crippen molar-refractivity contribution >= 4 is 17.6 Å². The molecule has 5 heteroatoms. The SMILES string of the molecule is CC(C)(C)OC(O)c1ccc(C(=O)OCCl)cc1. The largest absolute Gasteiger partial charge is 0.446 e. The number of ether oxygens (including phenoxy) is 2. The first-order chi connectivity index (χ1) is 8.33. The predicted octanol–water partition coefficient (Wildman–Crippen LogP) is 2.85. The van der Waals surface area contributed by atoms with Crippen LogP contribution in [-0.2, 0) is 9.47 Å². The van der Waals surface area contributed by atoms with Crippen molar-refractivity contribution in [3.63, 3.8) is 0 Å². The maximum Gasteiger partial charge on any atom is 0.339 e. The van der Waals surface area contributed by atoms with Gasteiger partial charge in [0.25, 0.3) is 0 Å². The molecule has 0 heterocycles. The molecular weight excluding hydrogens is 256 g/mol. The fourth-order valence-corrected chi connectivity index (χ4v) is 1.42. The van der Waals surface area contributed by atoms with E-state index in [-0.39, 0.29) is 6.07 Å². The van der Waals surface area contributed by atoms with E-state index in [1.165, 1.54) is 0 Å². The molecule has 1 aromatic carbocycles. The van der Waals surface area contributed by atoms with Crippen LogP contribution in [-0.4, -0.2) is 22.7 Å². The molecule has 1 rings (SSSR count). The van der Waals surface area contributed by atoms with Crippen LogP contribution >= 0.6 is 11.6 Å². The molecule has 1 N–H and O–H groups in total. The van der Waals surface area contributed by atoms with Crippen molar-refractivity contribution in [1.29, 1.82) is 0 Å². The molecule has 0 saturated heterocycles. The standard InChI is InChI=1S/C13H17ClO4/c1-13(2,3)18-12(16)10-6-4-9(5-7-10)11(15)17-8-14/h4-7,12,16H,8H2,1-3H3. The molecular formula is C13H17ClO4. The van der Waals surface area contributed by atoms with Gasteiger partial charge in [-0.25, -0.2) is 4.79 Å². The number of hydrogen-bond acceptors (Lipinski definition) is 4. The van der Waals surface area contributed by atoms with Crippen molar-refractivity contribution in [3.05, 3.63) is 35.4 Å². The van der Waals surface area contributed by atoms with Crippen LogP contribution in [0.15, 0.2) is 24.3 Å². The van der Waals surface area contributed by atoms with Gasteiger partial charge in [0, 0.05) is 5.56 Å². The predicted molar refractivity (Wildman–Crippen MR) is 68.4 cm³/mol. The maximum absolute atomic E-state index is 11.4. The Hall–Kier alpha value is -1.10. The minimum absolute atomic E-state index is 0.184. The normalized spacial score (nSPS) is 13.2. The average Bonchev–Trinajstić information content (AvgIpc) is 2.27. The Labute approximate surface area is 111 Å². The Morgan fingerprint density at radius 1 is 1.33 bits per heavy atom. The van der Waals surface area contributed by atoms with Gasteiger partial charge >= 0.3 is 5.97 Å². The van der Waals surface area contributed by atoms with E-state index in [1.54, 1.807) is 24.3 Å². The molecule has 0 amide bonds. The van der Waals surface area contributed by atoms with Crippen LogP contribution in [0.4, 0.5) is 0 Å². The van der Waals surface area contributed by atoms with Gasteiger partial charge in [0.2, 0.25) is 0 Å². The third-order valence-corrected chi connectivity index (χ3v) is 2.19. The van der Waals surface area contributed by atoms with E-state index in [1.807, 2.05) is 20.8 Å². The summed E-state index contributed by atoms with van der Waals surface area (Å²) < 4.78 is 10.0. The first-order valence-electron chi connectivity index (χ1n) is 5.52. The molecule has 0 spiro atoms. The van der Waals surface area contributed by atoms with Gasteiger partial charge in [-0.2, -0.15) is 0 Å². The number of carbonyl (C=O) groups is 1. The Balaban J connectivity index is 2.73. The lowest BCUT2D eigenvalue weighted by Crippen LogP contribution is -2.22. The molecule has 18 heavy (non-hydrogen) atoms. The minimum atomic E-state index is -1.02. The van der Waals surface area contributed by atoms with Crippen molar-refractivity contribution in [1.82, 2.24) is 0 Å². The monoisotopic (exact) mass is 272 g/mol. The van der Waals surface area contributed by atoms with Gasteiger partial charge in [-0.15, -0.1) is 0 Å². The molecule has 0 aromatic heterocycles. The molecule has 1 unspecified atom stereocenters. The summed E-state index contributed by atoms with van der Waals surface area (Å²) in [5.41, 5.74) is 0.505. The molecule has 1 atom stereocenters. The van der Waals surface area contributed by atoms with Crippen LogP contribution in [0, 0.1) is 0 Å². The number of halogens is 1. The number of aliphatic hydroxyl groups is 1. The molecule has 4 nitrogen and oxygen atoms in total. The Bertz CT molecular complexity index is 394. The van der Waals surface area contributed by atoms with Gasteiger partial charge in [0.1, 0.15) is 0 Å². The number of esters is 1.